The molecule has 3 atom stereocenters. The molecule has 0 fully saturated rings. The first-order valence-corrected chi connectivity index (χ1v) is 10.3. The van der Waals surface area contributed by atoms with E-state index in [9.17, 15) is 12.8 Å². The van der Waals surface area contributed by atoms with Gasteiger partial charge in [-0.25, -0.2) is 12.8 Å². The van der Waals surface area contributed by atoms with Gasteiger partial charge in [-0.1, -0.05) is 46.3 Å². The zero-order chi connectivity index (χ0) is 17.5. The fourth-order valence-corrected chi connectivity index (χ4v) is 4.83. The van der Waals surface area contributed by atoms with Crippen molar-refractivity contribution in [1.29, 1.82) is 0 Å². The molecule has 0 N–H and O–H groups in total. The Labute approximate surface area is 150 Å². The second kappa shape index (κ2) is 6.62. The third-order valence-electron chi connectivity index (χ3n) is 4.37. The molecule has 0 radical (unpaired) electrons. The molecule has 3 rings (SSSR count). The number of hydrogen-bond donors (Lipinski definition) is 0. The molecule has 7 heteroatoms. The van der Waals surface area contributed by atoms with Gasteiger partial charge in [-0.3, -0.25) is 0 Å². The van der Waals surface area contributed by atoms with E-state index in [2.05, 4.69) is 15.9 Å². The Hall–Kier alpha value is -1.18. The molecular formula is C17H17BBrFO3S. The lowest BCUT2D eigenvalue weighted by Gasteiger charge is -2.19. The number of rotatable bonds is 4. The van der Waals surface area contributed by atoms with Crippen molar-refractivity contribution in [3.63, 3.8) is 0 Å². The Morgan fingerprint density at radius 3 is 2.46 bits per heavy atom. The molecule has 2 aromatic rings. The fourth-order valence-electron chi connectivity index (χ4n) is 3.19. The van der Waals surface area contributed by atoms with Crippen molar-refractivity contribution in [2.75, 3.05) is 6.26 Å². The summed E-state index contributed by atoms with van der Waals surface area (Å²) in [6.45, 7) is 0.230. The van der Waals surface area contributed by atoms with E-state index in [0.29, 0.717) is 15.6 Å². The highest BCUT2D eigenvalue weighted by Crippen LogP contribution is 2.48. The average Bonchev–Trinajstić information content (AvgIpc) is 2.78. The van der Waals surface area contributed by atoms with E-state index >= 15 is 0 Å². The van der Waals surface area contributed by atoms with E-state index in [1.165, 1.54) is 6.07 Å². The lowest BCUT2D eigenvalue weighted by molar-refractivity contribution is -0.00733. The van der Waals surface area contributed by atoms with Crippen LogP contribution in [-0.2, 0) is 21.2 Å². The number of ether oxygens (including phenoxy) is 1. The van der Waals surface area contributed by atoms with Crippen LogP contribution in [0.5, 0.6) is 0 Å². The quantitative estimate of drug-likeness (QED) is 0.727. The number of benzene rings is 2. The first-order valence-electron chi connectivity index (χ1n) is 7.62. The van der Waals surface area contributed by atoms with Crippen LogP contribution in [0.25, 0.3) is 0 Å². The van der Waals surface area contributed by atoms with E-state index in [1.807, 2.05) is 30.3 Å². The van der Waals surface area contributed by atoms with Crippen molar-refractivity contribution >= 4 is 33.6 Å². The highest BCUT2D eigenvalue weighted by Gasteiger charge is 2.43. The van der Waals surface area contributed by atoms with Gasteiger partial charge >= 0.3 is 0 Å². The molecule has 0 spiro atoms. The maximum Gasteiger partial charge on any atom is 0.175 e. The zero-order valence-corrected chi connectivity index (χ0v) is 15.8. The Kier molecular flexibility index (Phi) is 4.86. The van der Waals surface area contributed by atoms with Crippen LogP contribution in [0.4, 0.5) is 4.39 Å². The van der Waals surface area contributed by atoms with Gasteiger partial charge in [0.15, 0.2) is 9.84 Å². The standard InChI is InChI=1S/C17H17BBrFO3S/c1-24(21,22)12-8-7-11(19)13-14(12)17(16(20)15(13)18)23-9-10-5-3-2-4-6-10/h2-8,15-17H,9,18H2,1H3/t15-,16+,17-/m0/s1. The van der Waals surface area contributed by atoms with Gasteiger partial charge in [-0.15, -0.1) is 0 Å². The third kappa shape index (κ3) is 3.17. The second-order valence-corrected chi connectivity index (χ2v) is 8.93. The van der Waals surface area contributed by atoms with Crippen molar-refractivity contribution in [2.24, 2.45) is 0 Å². The van der Waals surface area contributed by atoms with Crippen LogP contribution in [0.3, 0.4) is 0 Å². The highest BCUT2D eigenvalue weighted by molar-refractivity contribution is 9.10. The first-order chi connectivity index (χ1) is 11.3. The number of fused-ring (bicyclic) bond motifs is 1. The first kappa shape index (κ1) is 17.6. The van der Waals surface area contributed by atoms with Gasteiger partial charge in [0.1, 0.15) is 20.1 Å². The fraction of sp³-hybridized carbons (Fsp3) is 0.294. The molecule has 1 aliphatic carbocycles. The summed E-state index contributed by atoms with van der Waals surface area (Å²) in [6.07, 6.45) is -1.04. The Balaban J connectivity index is 2.03. The summed E-state index contributed by atoms with van der Waals surface area (Å²) in [6, 6.07) is 12.6. The predicted octanol–water partition coefficient (Wildman–Crippen LogP) is 3.14. The SMILES string of the molecule is B[C@H]1c2c(Br)ccc(S(C)(=O)=O)c2[C@H](OCc2ccccc2)[C@@H]1F. The summed E-state index contributed by atoms with van der Waals surface area (Å²) in [5.74, 6) is -0.433. The van der Waals surface area contributed by atoms with Crippen molar-refractivity contribution in [2.45, 2.75) is 29.6 Å². The van der Waals surface area contributed by atoms with E-state index < -0.39 is 27.9 Å². The van der Waals surface area contributed by atoms with Gasteiger partial charge in [0.05, 0.1) is 11.5 Å². The Morgan fingerprint density at radius 1 is 1.17 bits per heavy atom. The highest BCUT2D eigenvalue weighted by atomic mass is 79.9. The number of hydrogen-bond acceptors (Lipinski definition) is 3. The molecule has 0 unspecified atom stereocenters. The minimum Gasteiger partial charge on any atom is -0.366 e. The van der Waals surface area contributed by atoms with Crippen LogP contribution in [0.1, 0.15) is 28.6 Å². The molecule has 0 amide bonds. The molecule has 1 aliphatic rings. The maximum absolute atomic E-state index is 14.9. The van der Waals surface area contributed by atoms with Gasteiger partial charge < -0.3 is 4.74 Å². The summed E-state index contributed by atoms with van der Waals surface area (Å²) >= 11 is 3.42. The summed E-state index contributed by atoms with van der Waals surface area (Å²) in [5, 5.41) is 0. The second-order valence-electron chi connectivity index (χ2n) is 6.10. The largest absolute Gasteiger partial charge is 0.366 e. The monoisotopic (exact) mass is 410 g/mol. The minimum absolute atomic E-state index is 0.144. The molecule has 126 valence electrons. The van der Waals surface area contributed by atoms with Crippen molar-refractivity contribution in [3.8, 4) is 0 Å². The van der Waals surface area contributed by atoms with E-state index in [4.69, 9.17) is 4.74 Å². The summed E-state index contributed by atoms with van der Waals surface area (Å²) in [4.78, 5) is 0.144. The lowest BCUT2D eigenvalue weighted by atomic mass is 9.81. The molecule has 24 heavy (non-hydrogen) atoms. The average molecular weight is 411 g/mol. The predicted molar refractivity (Wildman–Crippen MR) is 97.4 cm³/mol. The molecular weight excluding hydrogens is 394 g/mol. The third-order valence-corrected chi connectivity index (χ3v) is 6.22. The van der Waals surface area contributed by atoms with Crippen LogP contribution in [0.2, 0.25) is 0 Å². The lowest BCUT2D eigenvalue weighted by Crippen LogP contribution is -2.17. The van der Waals surface area contributed by atoms with E-state index in [0.717, 1.165) is 11.8 Å². The van der Waals surface area contributed by atoms with Crippen molar-refractivity contribution < 1.29 is 17.5 Å². The Morgan fingerprint density at radius 2 is 1.83 bits per heavy atom. The topological polar surface area (TPSA) is 43.4 Å². The van der Waals surface area contributed by atoms with Gasteiger partial charge in [0.25, 0.3) is 0 Å². The Bertz CT molecular complexity index is 858. The van der Waals surface area contributed by atoms with Crippen molar-refractivity contribution in [1.82, 2.24) is 0 Å². The van der Waals surface area contributed by atoms with E-state index in [-0.39, 0.29) is 11.5 Å². The molecule has 0 heterocycles. The molecule has 0 aliphatic heterocycles. The molecule has 2 aromatic carbocycles. The molecule has 0 saturated carbocycles. The van der Waals surface area contributed by atoms with Gasteiger partial charge in [-0.05, 0) is 29.1 Å². The zero-order valence-electron chi connectivity index (χ0n) is 13.4. The van der Waals surface area contributed by atoms with Crippen molar-refractivity contribution in [3.05, 3.63) is 63.6 Å². The number of sulfone groups is 1. The molecule has 0 bridgehead atoms. The number of alkyl halides is 1. The number of halogens is 2. The smallest absolute Gasteiger partial charge is 0.175 e. The van der Waals surface area contributed by atoms with Crippen LogP contribution in [0, 0.1) is 0 Å². The van der Waals surface area contributed by atoms with Crippen LogP contribution < -0.4 is 0 Å². The minimum atomic E-state index is -3.48. The molecule has 3 nitrogen and oxygen atoms in total. The summed E-state index contributed by atoms with van der Waals surface area (Å²) in [7, 11) is -1.72. The van der Waals surface area contributed by atoms with Crippen LogP contribution in [0.15, 0.2) is 51.8 Å². The summed E-state index contributed by atoms with van der Waals surface area (Å²) in [5.41, 5.74) is 2.05. The van der Waals surface area contributed by atoms with E-state index in [1.54, 1.807) is 13.9 Å². The normalized spacial score (nSPS) is 23.2. The summed E-state index contributed by atoms with van der Waals surface area (Å²) < 4.78 is 45.7. The van der Waals surface area contributed by atoms with Gasteiger partial charge in [0, 0.05) is 16.3 Å². The molecule has 0 aromatic heterocycles. The van der Waals surface area contributed by atoms with Crippen LogP contribution in [-0.4, -0.2) is 28.7 Å². The molecule has 0 saturated heterocycles. The maximum atomic E-state index is 14.9. The van der Waals surface area contributed by atoms with Gasteiger partial charge in [-0.2, -0.15) is 0 Å². The van der Waals surface area contributed by atoms with Crippen LogP contribution >= 0.6 is 15.9 Å². The van der Waals surface area contributed by atoms with Gasteiger partial charge in [0.2, 0.25) is 0 Å².